The summed E-state index contributed by atoms with van der Waals surface area (Å²) >= 11 is 1.76. The normalized spacial score (nSPS) is 21.2. The minimum absolute atomic E-state index is 0.171. The minimum Gasteiger partial charge on any atom is -0.343 e. The van der Waals surface area contributed by atoms with Crippen molar-refractivity contribution in [2.24, 2.45) is 0 Å². The highest BCUT2D eigenvalue weighted by molar-refractivity contribution is 7.15. The number of rotatable bonds is 2. The van der Waals surface area contributed by atoms with E-state index in [0.717, 1.165) is 31.3 Å². The zero-order valence-electron chi connectivity index (χ0n) is 12.0. The molecule has 110 valence electrons. The van der Waals surface area contributed by atoms with Crippen molar-refractivity contribution in [3.8, 4) is 0 Å². The van der Waals surface area contributed by atoms with Crippen molar-refractivity contribution in [3.05, 3.63) is 5.01 Å². The van der Waals surface area contributed by atoms with Crippen molar-refractivity contribution in [1.29, 1.82) is 0 Å². The van der Waals surface area contributed by atoms with Crippen LogP contribution in [0.2, 0.25) is 0 Å². The Morgan fingerprint density at radius 1 is 1.10 bits per heavy atom. The third-order valence-electron chi connectivity index (χ3n) is 4.38. The van der Waals surface area contributed by atoms with Gasteiger partial charge in [-0.15, -0.1) is 10.2 Å². The fraction of sp³-hybridized carbons (Fsp3) is 0.786. The minimum atomic E-state index is 0.171. The topological polar surface area (TPSA) is 49.3 Å². The van der Waals surface area contributed by atoms with E-state index >= 15 is 0 Å². The van der Waals surface area contributed by atoms with Crippen LogP contribution < -0.4 is 4.90 Å². The van der Waals surface area contributed by atoms with Gasteiger partial charge in [-0.25, -0.2) is 0 Å². The summed E-state index contributed by atoms with van der Waals surface area (Å²) in [6, 6.07) is 0. The highest BCUT2D eigenvalue weighted by atomic mass is 32.1. The molecule has 0 N–H and O–H groups in total. The second-order valence-corrected chi connectivity index (χ2v) is 6.74. The first kappa shape index (κ1) is 13.8. The summed E-state index contributed by atoms with van der Waals surface area (Å²) in [5.41, 5.74) is 0. The lowest BCUT2D eigenvalue weighted by Crippen LogP contribution is -2.48. The average Bonchev–Trinajstić information content (AvgIpc) is 2.98. The molecule has 1 aliphatic carbocycles. The van der Waals surface area contributed by atoms with Crippen LogP contribution in [0.1, 0.15) is 50.0 Å². The van der Waals surface area contributed by atoms with Gasteiger partial charge in [0.05, 0.1) is 0 Å². The Morgan fingerprint density at radius 3 is 2.45 bits per heavy atom. The first-order chi connectivity index (χ1) is 9.74. The van der Waals surface area contributed by atoms with Crippen LogP contribution in [-0.2, 0) is 4.79 Å². The van der Waals surface area contributed by atoms with E-state index in [1.165, 1.54) is 37.1 Å². The summed E-state index contributed by atoms with van der Waals surface area (Å²) < 4.78 is 0. The van der Waals surface area contributed by atoms with Gasteiger partial charge in [0.25, 0.3) is 0 Å². The van der Waals surface area contributed by atoms with Crippen LogP contribution in [0, 0.1) is 0 Å². The van der Waals surface area contributed by atoms with Crippen molar-refractivity contribution in [2.45, 2.75) is 44.9 Å². The molecule has 3 rings (SSSR count). The van der Waals surface area contributed by atoms with Crippen molar-refractivity contribution in [2.75, 3.05) is 31.1 Å². The zero-order valence-corrected chi connectivity index (χ0v) is 12.9. The first-order valence-electron chi connectivity index (χ1n) is 7.58. The number of amides is 1. The Bertz CT molecular complexity index is 461. The molecule has 2 aliphatic rings. The van der Waals surface area contributed by atoms with Crippen molar-refractivity contribution in [1.82, 2.24) is 15.1 Å². The molecule has 0 aromatic carbocycles. The third-order valence-corrected chi connectivity index (χ3v) is 5.53. The number of hydrogen-bond acceptors (Lipinski definition) is 5. The number of piperazine rings is 1. The molecule has 2 fully saturated rings. The zero-order chi connectivity index (χ0) is 13.9. The maximum Gasteiger partial charge on any atom is 0.219 e. The number of anilines is 1. The molecule has 1 aromatic heterocycles. The summed E-state index contributed by atoms with van der Waals surface area (Å²) in [5, 5.41) is 11.0. The fourth-order valence-corrected chi connectivity index (χ4v) is 4.15. The molecule has 1 saturated carbocycles. The third kappa shape index (κ3) is 2.95. The van der Waals surface area contributed by atoms with Gasteiger partial charge in [-0.3, -0.25) is 4.79 Å². The van der Waals surface area contributed by atoms with Crippen LogP contribution in [0.4, 0.5) is 5.13 Å². The van der Waals surface area contributed by atoms with E-state index < -0.39 is 0 Å². The smallest absolute Gasteiger partial charge is 0.219 e. The average molecular weight is 294 g/mol. The number of carbonyl (C=O) groups excluding carboxylic acids is 1. The van der Waals surface area contributed by atoms with E-state index in [-0.39, 0.29) is 5.91 Å². The molecular weight excluding hydrogens is 272 g/mol. The SMILES string of the molecule is CC(=O)N1CCN(c2nnc(C3CCCCC3)s2)CC1. The van der Waals surface area contributed by atoms with Gasteiger partial charge in [0.15, 0.2) is 0 Å². The molecule has 0 radical (unpaired) electrons. The molecule has 1 aliphatic heterocycles. The van der Waals surface area contributed by atoms with Crippen molar-refractivity contribution in [3.63, 3.8) is 0 Å². The van der Waals surface area contributed by atoms with Crippen LogP contribution in [-0.4, -0.2) is 47.2 Å². The molecule has 1 aromatic rings. The molecule has 0 unspecified atom stereocenters. The fourth-order valence-electron chi connectivity index (χ4n) is 3.08. The lowest BCUT2D eigenvalue weighted by atomic mass is 9.90. The molecule has 1 saturated heterocycles. The van der Waals surface area contributed by atoms with Crippen LogP contribution in [0.25, 0.3) is 0 Å². The van der Waals surface area contributed by atoms with Gasteiger partial charge in [-0.2, -0.15) is 0 Å². The second-order valence-electron chi connectivity index (χ2n) is 5.75. The van der Waals surface area contributed by atoms with Gasteiger partial charge < -0.3 is 9.80 Å². The Balaban J connectivity index is 1.61. The van der Waals surface area contributed by atoms with Gasteiger partial charge in [0.2, 0.25) is 11.0 Å². The van der Waals surface area contributed by atoms with E-state index in [0.29, 0.717) is 5.92 Å². The number of carbonyl (C=O) groups is 1. The second kappa shape index (κ2) is 6.08. The molecule has 0 atom stereocenters. The highest BCUT2D eigenvalue weighted by Gasteiger charge is 2.24. The van der Waals surface area contributed by atoms with Gasteiger partial charge in [0, 0.05) is 39.0 Å². The number of aromatic nitrogens is 2. The van der Waals surface area contributed by atoms with E-state index in [1.54, 1.807) is 18.3 Å². The lowest BCUT2D eigenvalue weighted by Gasteiger charge is -2.33. The van der Waals surface area contributed by atoms with E-state index in [2.05, 4.69) is 15.1 Å². The Kier molecular flexibility index (Phi) is 4.19. The van der Waals surface area contributed by atoms with E-state index in [1.807, 2.05) is 4.90 Å². The Hall–Kier alpha value is -1.17. The van der Waals surface area contributed by atoms with E-state index in [4.69, 9.17) is 0 Å². The van der Waals surface area contributed by atoms with Crippen LogP contribution in [0.15, 0.2) is 0 Å². The summed E-state index contributed by atoms with van der Waals surface area (Å²) in [4.78, 5) is 15.5. The predicted molar refractivity (Wildman–Crippen MR) is 80.2 cm³/mol. The standard InChI is InChI=1S/C14H22N4OS/c1-11(19)17-7-9-18(10-8-17)14-16-15-13(20-14)12-5-3-2-4-6-12/h12H,2-10H2,1H3. The Morgan fingerprint density at radius 2 is 1.80 bits per heavy atom. The van der Waals surface area contributed by atoms with E-state index in [9.17, 15) is 4.79 Å². The monoisotopic (exact) mass is 294 g/mol. The summed E-state index contributed by atoms with van der Waals surface area (Å²) in [6.07, 6.45) is 6.57. The molecule has 2 heterocycles. The molecule has 1 amide bonds. The first-order valence-corrected chi connectivity index (χ1v) is 8.39. The van der Waals surface area contributed by atoms with Crippen molar-refractivity contribution < 1.29 is 4.79 Å². The Labute approximate surface area is 124 Å². The molecule has 6 heteroatoms. The van der Waals surface area contributed by atoms with Gasteiger partial charge >= 0.3 is 0 Å². The number of nitrogens with zero attached hydrogens (tertiary/aromatic N) is 4. The van der Waals surface area contributed by atoms with Gasteiger partial charge in [-0.05, 0) is 12.8 Å². The summed E-state index contributed by atoms with van der Waals surface area (Å²) in [6.45, 7) is 4.99. The molecule has 5 nitrogen and oxygen atoms in total. The highest BCUT2D eigenvalue weighted by Crippen LogP contribution is 2.36. The summed E-state index contributed by atoms with van der Waals surface area (Å²) in [7, 11) is 0. The molecule has 20 heavy (non-hydrogen) atoms. The van der Waals surface area contributed by atoms with Gasteiger partial charge in [0.1, 0.15) is 5.01 Å². The van der Waals surface area contributed by atoms with Crippen LogP contribution in [0.3, 0.4) is 0 Å². The van der Waals surface area contributed by atoms with Gasteiger partial charge in [-0.1, -0.05) is 30.6 Å². The van der Waals surface area contributed by atoms with Crippen LogP contribution in [0.5, 0.6) is 0 Å². The number of hydrogen-bond donors (Lipinski definition) is 0. The lowest BCUT2D eigenvalue weighted by molar-refractivity contribution is -0.129. The quantitative estimate of drug-likeness (QED) is 0.839. The molecule has 0 bridgehead atoms. The summed E-state index contributed by atoms with van der Waals surface area (Å²) in [5.74, 6) is 0.804. The molecular formula is C14H22N4OS. The maximum absolute atomic E-state index is 11.3. The maximum atomic E-state index is 11.3. The molecule has 0 spiro atoms. The van der Waals surface area contributed by atoms with Crippen molar-refractivity contribution >= 4 is 22.4 Å². The largest absolute Gasteiger partial charge is 0.343 e. The van der Waals surface area contributed by atoms with Crippen LogP contribution >= 0.6 is 11.3 Å². The predicted octanol–water partition coefficient (Wildman–Crippen LogP) is 2.25.